The molecule has 0 spiro atoms. The van der Waals surface area contributed by atoms with Gasteiger partial charge in [-0.25, -0.2) is 0 Å². The molecular weight excluding hydrogens is 276 g/mol. The third-order valence-electron chi connectivity index (χ3n) is 5.13. The summed E-state index contributed by atoms with van der Waals surface area (Å²) in [5.74, 6) is 3.16. The minimum atomic E-state index is 0.558. The topological polar surface area (TPSA) is 45.4 Å². The summed E-state index contributed by atoms with van der Waals surface area (Å²) in [5.41, 5.74) is 0. The Morgan fingerprint density at radius 2 is 1.86 bits per heavy atom. The van der Waals surface area contributed by atoms with Crippen molar-refractivity contribution in [2.24, 2.45) is 5.92 Å². The van der Waals surface area contributed by atoms with Crippen LogP contribution in [0.4, 0.5) is 0 Å². The molecule has 1 saturated heterocycles. The van der Waals surface area contributed by atoms with Crippen LogP contribution in [0.5, 0.6) is 0 Å². The largest absolute Gasteiger partial charge is 0.339 e. The highest BCUT2D eigenvalue weighted by Crippen LogP contribution is 2.38. The van der Waals surface area contributed by atoms with Crippen LogP contribution in [-0.4, -0.2) is 52.7 Å². The highest BCUT2D eigenvalue weighted by atomic mass is 16.5. The third-order valence-corrected chi connectivity index (χ3v) is 5.13. The lowest BCUT2D eigenvalue weighted by molar-refractivity contribution is 0.109. The van der Waals surface area contributed by atoms with E-state index in [0.29, 0.717) is 5.92 Å². The van der Waals surface area contributed by atoms with E-state index in [9.17, 15) is 0 Å². The summed E-state index contributed by atoms with van der Waals surface area (Å²) in [6.45, 7) is 6.70. The average Bonchev–Trinajstić information content (AvgIpc) is 3.30. The molecule has 4 rings (SSSR count). The van der Waals surface area contributed by atoms with Crippen LogP contribution in [0.3, 0.4) is 0 Å². The van der Waals surface area contributed by atoms with E-state index in [1.807, 2.05) is 0 Å². The summed E-state index contributed by atoms with van der Waals surface area (Å²) >= 11 is 0. The highest BCUT2D eigenvalue weighted by Gasteiger charge is 2.30. The van der Waals surface area contributed by atoms with Gasteiger partial charge in [0, 0.05) is 38.6 Å². The van der Waals surface area contributed by atoms with Gasteiger partial charge in [0.15, 0.2) is 5.82 Å². The molecule has 0 radical (unpaired) electrons. The molecule has 5 nitrogen and oxygen atoms in total. The van der Waals surface area contributed by atoms with Gasteiger partial charge in [0.05, 0.1) is 6.54 Å². The first-order valence-electron chi connectivity index (χ1n) is 8.79. The molecule has 1 aromatic heterocycles. The van der Waals surface area contributed by atoms with Gasteiger partial charge in [-0.15, -0.1) is 0 Å². The second-order valence-electron chi connectivity index (χ2n) is 7.05. The van der Waals surface area contributed by atoms with E-state index in [2.05, 4.69) is 32.1 Å². The molecule has 0 N–H and O–H groups in total. The maximum Gasteiger partial charge on any atom is 0.229 e. The molecule has 2 fully saturated rings. The van der Waals surface area contributed by atoms with Crippen molar-refractivity contribution in [2.45, 2.75) is 44.6 Å². The lowest BCUT2D eigenvalue weighted by Crippen LogP contribution is -2.47. The van der Waals surface area contributed by atoms with Crippen LogP contribution in [0.1, 0.15) is 49.7 Å². The third kappa shape index (κ3) is 3.58. The summed E-state index contributed by atoms with van der Waals surface area (Å²) in [6, 6.07) is 0. The summed E-state index contributed by atoms with van der Waals surface area (Å²) in [7, 11) is 0. The van der Waals surface area contributed by atoms with E-state index in [4.69, 9.17) is 4.52 Å². The van der Waals surface area contributed by atoms with E-state index in [-0.39, 0.29) is 0 Å². The van der Waals surface area contributed by atoms with Crippen molar-refractivity contribution >= 4 is 0 Å². The highest BCUT2D eigenvalue weighted by molar-refractivity contribution is 5.01. The fourth-order valence-electron chi connectivity index (χ4n) is 3.55. The minimum absolute atomic E-state index is 0.558. The molecule has 1 saturated carbocycles. The van der Waals surface area contributed by atoms with E-state index < -0.39 is 0 Å². The van der Waals surface area contributed by atoms with Gasteiger partial charge in [0.2, 0.25) is 5.89 Å². The van der Waals surface area contributed by atoms with Crippen LogP contribution >= 0.6 is 0 Å². The average molecular weight is 302 g/mol. The maximum absolute atomic E-state index is 5.35. The van der Waals surface area contributed by atoms with Crippen molar-refractivity contribution in [3.63, 3.8) is 0 Å². The smallest absolute Gasteiger partial charge is 0.229 e. The standard InChI is InChI=1S/C17H26N4O/c1-2-4-14(5-3-1)12-20-8-10-21(11-9-20)13-16-18-17(22-19-16)15-6-7-15/h1-2,14-15H,3-13H2/t14-/m0/s1. The number of rotatable bonds is 5. The number of hydrogen-bond acceptors (Lipinski definition) is 5. The van der Waals surface area contributed by atoms with Crippen molar-refractivity contribution in [1.82, 2.24) is 19.9 Å². The van der Waals surface area contributed by atoms with Crippen LogP contribution in [0.15, 0.2) is 16.7 Å². The van der Waals surface area contributed by atoms with E-state index in [1.165, 1.54) is 51.7 Å². The lowest BCUT2D eigenvalue weighted by atomic mass is 9.94. The molecule has 120 valence electrons. The Morgan fingerprint density at radius 3 is 2.59 bits per heavy atom. The predicted octanol–water partition coefficient (Wildman–Crippen LogP) is 2.42. The van der Waals surface area contributed by atoms with Gasteiger partial charge >= 0.3 is 0 Å². The quantitative estimate of drug-likeness (QED) is 0.782. The van der Waals surface area contributed by atoms with Crippen molar-refractivity contribution in [2.75, 3.05) is 32.7 Å². The molecule has 3 aliphatic rings. The van der Waals surface area contributed by atoms with Crippen molar-refractivity contribution in [3.05, 3.63) is 23.9 Å². The molecule has 5 heteroatoms. The summed E-state index contributed by atoms with van der Waals surface area (Å²) in [5, 5.41) is 4.14. The Kier molecular flexibility index (Phi) is 4.26. The molecule has 1 aliphatic heterocycles. The van der Waals surface area contributed by atoms with Crippen molar-refractivity contribution in [3.8, 4) is 0 Å². The number of aromatic nitrogens is 2. The second-order valence-corrected chi connectivity index (χ2v) is 7.05. The van der Waals surface area contributed by atoms with E-state index >= 15 is 0 Å². The Balaban J connectivity index is 1.22. The van der Waals surface area contributed by atoms with E-state index in [1.54, 1.807) is 0 Å². The van der Waals surface area contributed by atoms with Gasteiger partial charge in [-0.3, -0.25) is 4.90 Å². The van der Waals surface area contributed by atoms with Gasteiger partial charge in [0.25, 0.3) is 0 Å². The molecular formula is C17H26N4O. The van der Waals surface area contributed by atoms with Crippen molar-refractivity contribution < 1.29 is 4.52 Å². The monoisotopic (exact) mass is 302 g/mol. The van der Waals surface area contributed by atoms with Crippen LogP contribution < -0.4 is 0 Å². The molecule has 22 heavy (non-hydrogen) atoms. The zero-order valence-corrected chi connectivity index (χ0v) is 13.3. The SMILES string of the molecule is C1=CC[C@H](CN2CCN(Cc3noc(C4CC4)n3)CC2)CC1. The summed E-state index contributed by atoms with van der Waals surface area (Å²) < 4.78 is 5.35. The lowest BCUT2D eigenvalue weighted by Gasteiger charge is -2.36. The number of piperazine rings is 1. The van der Waals surface area contributed by atoms with Crippen LogP contribution in [0.2, 0.25) is 0 Å². The molecule has 2 heterocycles. The zero-order valence-electron chi connectivity index (χ0n) is 13.3. The number of hydrogen-bond donors (Lipinski definition) is 0. The molecule has 0 aromatic carbocycles. The molecule has 2 aliphatic carbocycles. The second kappa shape index (κ2) is 6.50. The Morgan fingerprint density at radius 1 is 1.05 bits per heavy atom. The molecule has 1 aromatic rings. The van der Waals surface area contributed by atoms with Gasteiger partial charge in [-0.1, -0.05) is 17.3 Å². The minimum Gasteiger partial charge on any atom is -0.339 e. The van der Waals surface area contributed by atoms with E-state index in [0.717, 1.165) is 37.3 Å². The number of nitrogens with zero attached hydrogens (tertiary/aromatic N) is 4. The van der Waals surface area contributed by atoms with Gasteiger partial charge < -0.3 is 9.42 Å². The first kappa shape index (κ1) is 14.4. The van der Waals surface area contributed by atoms with Gasteiger partial charge in [-0.05, 0) is 38.0 Å². The Hall–Kier alpha value is -1.20. The zero-order chi connectivity index (χ0) is 14.8. The maximum atomic E-state index is 5.35. The fraction of sp³-hybridized carbons (Fsp3) is 0.765. The molecule has 1 atom stereocenters. The first-order chi connectivity index (χ1) is 10.9. The van der Waals surface area contributed by atoms with Crippen LogP contribution in [-0.2, 0) is 6.54 Å². The molecule has 0 bridgehead atoms. The first-order valence-corrected chi connectivity index (χ1v) is 8.79. The van der Waals surface area contributed by atoms with Crippen LogP contribution in [0.25, 0.3) is 0 Å². The normalized spacial score (nSPS) is 27.4. The number of allylic oxidation sites excluding steroid dienone is 2. The van der Waals surface area contributed by atoms with Crippen LogP contribution in [0, 0.1) is 5.92 Å². The van der Waals surface area contributed by atoms with Crippen molar-refractivity contribution in [1.29, 1.82) is 0 Å². The Bertz CT molecular complexity index is 514. The predicted molar refractivity (Wildman–Crippen MR) is 84.5 cm³/mol. The fourth-order valence-corrected chi connectivity index (χ4v) is 3.55. The van der Waals surface area contributed by atoms with Gasteiger partial charge in [0.1, 0.15) is 0 Å². The summed E-state index contributed by atoms with van der Waals surface area (Å²) in [6.07, 6.45) is 11.0. The molecule has 0 unspecified atom stereocenters. The molecule has 0 amide bonds. The Labute approximate surface area is 132 Å². The summed E-state index contributed by atoms with van der Waals surface area (Å²) in [4.78, 5) is 9.63. The van der Waals surface area contributed by atoms with Gasteiger partial charge in [-0.2, -0.15) is 4.98 Å².